The van der Waals surface area contributed by atoms with Crippen LogP contribution in [0.25, 0.3) is 6.08 Å². The molecule has 92 valence electrons. The molecule has 2 aromatic rings. The van der Waals surface area contributed by atoms with Crippen LogP contribution in [0.15, 0.2) is 36.7 Å². The molecule has 0 fully saturated rings. The molecule has 0 bridgehead atoms. The van der Waals surface area contributed by atoms with Crippen molar-refractivity contribution in [2.45, 2.75) is 0 Å². The first-order chi connectivity index (χ1) is 8.66. The van der Waals surface area contributed by atoms with E-state index >= 15 is 0 Å². The number of rotatable bonds is 3. The molecule has 1 amide bonds. The maximum Gasteiger partial charge on any atom is 0.250 e. The second-order valence-corrected chi connectivity index (χ2v) is 4.21. The highest BCUT2D eigenvalue weighted by Gasteiger charge is 2.03. The van der Waals surface area contributed by atoms with E-state index in [1.54, 1.807) is 36.7 Å². The second-order valence-electron chi connectivity index (χ2n) is 3.40. The Morgan fingerprint density at radius 2 is 2.06 bits per heavy atom. The van der Waals surface area contributed by atoms with Gasteiger partial charge in [-0.05, 0) is 18.2 Å². The molecular weight excluding hydrogens is 273 g/mol. The maximum atomic E-state index is 11.6. The fourth-order valence-corrected chi connectivity index (χ4v) is 1.84. The smallest absolute Gasteiger partial charge is 0.250 e. The van der Waals surface area contributed by atoms with Crippen molar-refractivity contribution < 1.29 is 4.79 Å². The lowest BCUT2D eigenvalue weighted by Gasteiger charge is -2.01. The predicted molar refractivity (Wildman–Crippen MR) is 72.7 cm³/mol. The number of nitrogens with one attached hydrogen (secondary N) is 2. The summed E-state index contributed by atoms with van der Waals surface area (Å²) in [5, 5.41) is 3.53. The maximum absolute atomic E-state index is 11.6. The molecule has 0 saturated carbocycles. The van der Waals surface area contributed by atoms with Crippen LogP contribution in [0.1, 0.15) is 5.56 Å². The van der Waals surface area contributed by atoms with E-state index in [0.29, 0.717) is 21.6 Å². The summed E-state index contributed by atoms with van der Waals surface area (Å²) >= 11 is 11.9. The lowest BCUT2D eigenvalue weighted by molar-refractivity contribution is -0.111. The van der Waals surface area contributed by atoms with Gasteiger partial charge in [-0.3, -0.25) is 10.1 Å². The highest BCUT2D eigenvalue weighted by atomic mass is 35.5. The lowest BCUT2D eigenvalue weighted by Crippen LogP contribution is -2.08. The number of aromatic amines is 1. The summed E-state index contributed by atoms with van der Waals surface area (Å²) in [7, 11) is 0. The third-order valence-corrected chi connectivity index (χ3v) is 2.80. The first-order valence-corrected chi connectivity index (χ1v) is 5.85. The number of carbonyl (C=O) groups excluding carboxylic acids is 1. The average Bonchev–Trinajstić information content (AvgIpc) is 2.81. The fraction of sp³-hybridized carbons (Fsp3) is 0. The summed E-state index contributed by atoms with van der Waals surface area (Å²) in [6.45, 7) is 0. The molecule has 4 nitrogen and oxygen atoms in total. The van der Waals surface area contributed by atoms with E-state index in [0.717, 1.165) is 0 Å². The Kier molecular flexibility index (Phi) is 4.02. The molecule has 0 aliphatic heterocycles. The molecule has 0 aliphatic carbocycles. The molecule has 2 rings (SSSR count). The largest absolute Gasteiger partial charge is 0.331 e. The Morgan fingerprint density at radius 3 is 2.67 bits per heavy atom. The molecule has 1 aromatic heterocycles. The SMILES string of the molecule is O=C(C=Cc1c(Cl)cccc1Cl)Nc1ncc[nH]1. The number of amides is 1. The summed E-state index contributed by atoms with van der Waals surface area (Å²) in [5.74, 6) is 0.0656. The Hall–Kier alpha value is -1.78. The zero-order valence-electron chi connectivity index (χ0n) is 9.15. The van der Waals surface area contributed by atoms with E-state index in [1.165, 1.54) is 6.08 Å². The zero-order chi connectivity index (χ0) is 13.0. The van der Waals surface area contributed by atoms with Crippen LogP contribution in [-0.4, -0.2) is 15.9 Å². The number of carbonyl (C=O) groups is 1. The van der Waals surface area contributed by atoms with E-state index in [4.69, 9.17) is 23.2 Å². The number of aromatic nitrogens is 2. The van der Waals surface area contributed by atoms with Gasteiger partial charge in [-0.25, -0.2) is 4.98 Å². The van der Waals surface area contributed by atoms with Gasteiger partial charge in [0.15, 0.2) is 0 Å². The van der Waals surface area contributed by atoms with Gasteiger partial charge in [0.25, 0.3) is 5.91 Å². The topological polar surface area (TPSA) is 57.8 Å². The van der Waals surface area contributed by atoms with Gasteiger partial charge < -0.3 is 4.98 Å². The Balaban J connectivity index is 2.09. The number of hydrogen-bond donors (Lipinski definition) is 2. The third kappa shape index (κ3) is 3.12. The van der Waals surface area contributed by atoms with E-state index < -0.39 is 0 Å². The Labute approximate surface area is 114 Å². The molecule has 18 heavy (non-hydrogen) atoms. The van der Waals surface area contributed by atoms with Crippen LogP contribution in [-0.2, 0) is 4.79 Å². The van der Waals surface area contributed by atoms with E-state index in [-0.39, 0.29) is 5.91 Å². The molecule has 0 radical (unpaired) electrons. The molecule has 0 unspecified atom stereocenters. The van der Waals surface area contributed by atoms with Crippen LogP contribution in [0, 0.1) is 0 Å². The van der Waals surface area contributed by atoms with Gasteiger partial charge in [-0.15, -0.1) is 0 Å². The van der Waals surface area contributed by atoms with Crippen molar-refractivity contribution in [1.29, 1.82) is 0 Å². The van der Waals surface area contributed by atoms with E-state index in [1.807, 2.05) is 0 Å². The highest BCUT2D eigenvalue weighted by Crippen LogP contribution is 2.25. The van der Waals surface area contributed by atoms with Gasteiger partial charge in [0.1, 0.15) is 0 Å². The minimum Gasteiger partial charge on any atom is -0.331 e. The van der Waals surface area contributed by atoms with Crippen LogP contribution in [0.5, 0.6) is 0 Å². The van der Waals surface area contributed by atoms with Crippen LogP contribution >= 0.6 is 23.2 Å². The monoisotopic (exact) mass is 281 g/mol. The van der Waals surface area contributed by atoms with Crippen LogP contribution in [0.2, 0.25) is 10.0 Å². The number of H-pyrrole nitrogens is 1. The van der Waals surface area contributed by atoms with Crippen LogP contribution in [0.3, 0.4) is 0 Å². The molecule has 1 aromatic carbocycles. The number of benzene rings is 1. The minimum atomic E-state index is -0.319. The predicted octanol–water partition coefficient (Wildman–Crippen LogP) is 3.37. The van der Waals surface area contributed by atoms with Crippen molar-refractivity contribution in [3.63, 3.8) is 0 Å². The summed E-state index contributed by atoms with van der Waals surface area (Å²) < 4.78 is 0. The summed E-state index contributed by atoms with van der Waals surface area (Å²) in [6.07, 6.45) is 6.06. The molecule has 0 aliphatic rings. The number of anilines is 1. The fourth-order valence-electron chi connectivity index (χ4n) is 1.32. The van der Waals surface area contributed by atoms with Gasteiger partial charge in [-0.2, -0.15) is 0 Å². The highest BCUT2D eigenvalue weighted by molar-refractivity contribution is 6.37. The van der Waals surface area contributed by atoms with Gasteiger partial charge in [-0.1, -0.05) is 29.3 Å². The van der Waals surface area contributed by atoms with Crippen molar-refractivity contribution in [3.05, 3.63) is 52.3 Å². The normalized spacial score (nSPS) is 10.8. The molecule has 0 saturated heterocycles. The molecule has 1 heterocycles. The first-order valence-electron chi connectivity index (χ1n) is 5.09. The number of nitrogens with zero attached hydrogens (tertiary/aromatic N) is 1. The van der Waals surface area contributed by atoms with Crippen LogP contribution in [0.4, 0.5) is 5.95 Å². The second kappa shape index (κ2) is 5.71. The molecule has 0 spiro atoms. The number of imidazole rings is 1. The average molecular weight is 282 g/mol. The van der Waals surface area contributed by atoms with E-state index in [2.05, 4.69) is 15.3 Å². The molecule has 0 atom stereocenters. The molecule has 6 heteroatoms. The summed E-state index contributed by atoms with van der Waals surface area (Å²) in [5.41, 5.74) is 0.607. The first kappa shape index (κ1) is 12.7. The molecule has 2 N–H and O–H groups in total. The summed E-state index contributed by atoms with van der Waals surface area (Å²) in [4.78, 5) is 18.2. The lowest BCUT2D eigenvalue weighted by atomic mass is 10.2. The van der Waals surface area contributed by atoms with Crippen molar-refractivity contribution in [3.8, 4) is 0 Å². The van der Waals surface area contributed by atoms with Gasteiger partial charge in [0.2, 0.25) is 5.95 Å². The van der Waals surface area contributed by atoms with Crippen molar-refractivity contribution in [2.75, 3.05) is 5.32 Å². The van der Waals surface area contributed by atoms with Crippen molar-refractivity contribution in [1.82, 2.24) is 9.97 Å². The standard InChI is InChI=1S/C12H9Cl2N3O/c13-9-2-1-3-10(14)8(9)4-5-11(18)17-12-15-6-7-16-12/h1-7H,(H2,15,16,17,18). The molecular formula is C12H9Cl2N3O. The number of halogens is 2. The van der Waals surface area contributed by atoms with Gasteiger partial charge in [0, 0.05) is 34.1 Å². The minimum absolute atomic E-state index is 0.319. The van der Waals surface area contributed by atoms with Gasteiger partial charge in [0.05, 0.1) is 0 Å². The summed E-state index contributed by atoms with van der Waals surface area (Å²) in [6, 6.07) is 5.15. The third-order valence-electron chi connectivity index (χ3n) is 2.14. The van der Waals surface area contributed by atoms with Crippen molar-refractivity contribution in [2.24, 2.45) is 0 Å². The van der Waals surface area contributed by atoms with Crippen molar-refractivity contribution >= 4 is 41.1 Å². The number of hydrogen-bond acceptors (Lipinski definition) is 2. The van der Waals surface area contributed by atoms with E-state index in [9.17, 15) is 4.79 Å². The Morgan fingerprint density at radius 1 is 1.33 bits per heavy atom. The quantitative estimate of drug-likeness (QED) is 0.848. The van der Waals surface area contributed by atoms with Gasteiger partial charge >= 0.3 is 0 Å². The zero-order valence-corrected chi connectivity index (χ0v) is 10.7. The van der Waals surface area contributed by atoms with Crippen LogP contribution < -0.4 is 5.32 Å². The Bertz CT molecular complexity index is 559.